The van der Waals surface area contributed by atoms with Crippen molar-refractivity contribution in [1.82, 2.24) is 19.5 Å². The number of thioether (sulfide) groups is 1. The molecule has 0 aliphatic carbocycles. The van der Waals surface area contributed by atoms with Crippen LogP contribution in [0, 0.1) is 6.08 Å². The average Bonchev–Trinajstić information content (AvgIpc) is 2.93. The third-order valence-electron chi connectivity index (χ3n) is 3.12. The van der Waals surface area contributed by atoms with Crippen molar-refractivity contribution in [3.05, 3.63) is 12.4 Å². The Bertz CT molecular complexity index is 653. The minimum atomic E-state index is -1.18. The molecule has 10 heteroatoms. The predicted molar refractivity (Wildman–Crippen MR) is 69.1 cm³/mol. The molecule has 4 N–H and O–H groups in total. The van der Waals surface area contributed by atoms with Gasteiger partial charge in [0.05, 0.1) is 6.33 Å². The van der Waals surface area contributed by atoms with Crippen molar-refractivity contribution in [2.75, 3.05) is 12.0 Å². The van der Waals surface area contributed by atoms with Crippen molar-refractivity contribution in [3.8, 4) is 0 Å². The van der Waals surface area contributed by atoms with Crippen LogP contribution in [0.1, 0.15) is 6.23 Å². The van der Waals surface area contributed by atoms with Crippen LogP contribution in [-0.2, 0) is 4.74 Å². The maximum Gasteiger partial charge on any atom is 0.312 e. The topological polar surface area (TPSA) is 119 Å². The van der Waals surface area contributed by atoms with Crippen LogP contribution in [0.2, 0.25) is 0 Å². The summed E-state index contributed by atoms with van der Waals surface area (Å²) >= 11 is 1.26. The number of anilines is 1. The zero-order chi connectivity index (χ0) is 14.4. The molecule has 1 saturated heterocycles. The summed E-state index contributed by atoms with van der Waals surface area (Å²) in [7, 11) is 0. The Morgan fingerprint density at radius 2 is 2.15 bits per heavy atom. The van der Waals surface area contributed by atoms with Crippen LogP contribution in [0.3, 0.4) is 0 Å². The Labute approximate surface area is 116 Å². The second-order valence-electron chi connectivity index (χ2n) is 4.31. The number of hydrogen-bond donors (Lipinski definition) is 3. The van der Waals surface area contributed by atoms with Gasteiger partial charge in [0.1, 0.15) is 17.6 Å². The van der Waals surface area contributed by atoms with Gasteiger partial charge in [0.25, 0.3) is 0 Å². The zero-order valence-electron chi connectivity index (χ0n) is 10.3. The molecular formula is C10H12FN5O3S. The summed E-state index contributed by atoms with van der Waals surface area (Å²) in [6.45, 7) is 0. The van der Waals surface area contributed by atoms with Crippen molar-refractivity contribution in [1.29, 1.82) is 0 Å². The summed E-state index contributed by atoms with van der Waals surface area (Å²) in [6, 6.07) is 0. The van der Waals surface area contributed by atoms with Gasteiger partial charge in [0.2, 0.25) is 0 Å². The first-order valence-electron chi connectivity index (χ1n) is 5.73. The molecule has 2 aromatic heterocycles. The predicted octanol–water partition coefficient (Wildman–Crippen LogP) is -0.513. The van der Waals surface area contributed by atoms with E-state index in [-0.39, 0.29) is 17.0 Å². The number of halogens is 1. The van der Waals surface area contributed by atoms with E-state index in [1.807, 2.05) is 0 Å². The number of aliphatic hydroxyl groups excluding tert-OH is 2. The number of fused-ring (bicyclic) bond motifs is 1. The van der Waals surface area contributed by atoms with Crippen LogP contribution >= 0.6 is 11.8 Å². The molecule has 1 aliphatic rings. The molecule has 0 unspecified atom stereocenters. The maximum atomic E-state index is 13.3. The van der Waals surface area contributed by atoms with E-state index in [2.05, 4.69) is 15.0 Å². The Kier molecular flexibility index (Phi) is 3.24. The quantitative estimate of drug-likeness (QED) is 0.634. The van der Waals surface area contributed by atoms with Gasteiger partial charge in [-0.2, -0.15) is 14.4 Å². The Hall–Kier alpha value is -1.49. The summed E-state index contributed by atoms with van der Waals surface area (Å²) in [4.78, 5) is 11.0. The normalized spacial score (nSPS) is 30.2. The Morgan fingerprint density at radius 1 is 1.40 bits per heavy atom. The lowest BCUT2D eigenvalue weighted by molar-refractivity contribution is -0.0193. The van der Waals surface area contributed by atoms with Gasteiger partial charge in [0.15, 0.2) is 23.2 Å². The van der Waals surface area contributed by atoms with Crippen molar-refractivity contribution < 1.29 is 19.3 Å². The molecule has 1 fully saturated rings. The molecule has 2 aromatic rings. The molecule has 1 aliphatic heterocycles. The fourth-order valence-electron chi connectivity index (χ4n) is 2.15. The van der Waals surface area contributed by atoms with Crippen molar-refractivity contribution in [2.24, 2.45) is 0 Å². The van der Waals surface area contributed by atoms with Crippen LogP contribution in [0.25, 0.3) is 11.2 Å². The number of aromatic nitrogens is 4. The van der Waals surface area contributed by atoms with E-state index in [9.17, 15) is 14.6 Å². The number of hydrogen-bond acceptors (Lipinski definition) is 8. The van der Waals surface area contributed by atoms with Crippen molar-refractivity contribution in [3.63, 3.8) is 0 Å². The van der Waals surface area contributed by atoms with Gasteiger partial charge < -0.3 is 20.7 Å². The lowest BCUT2D eigenvalue weighted by atomic mass is 10.2. The van der Waals surface area contributed by atoms with Crippen LogP contribution in [0.15, 0.2) is 6.33 Å². The van der Waals surface area contributed by atoms with Gasteiger partial charge in [-0.1, -0.05) is 0 Å². The molecule has 0 spiro atoms. The first-order chi connectivity index (χ1) is 9.52. The van der Waals surface area contributed by atoms with Gasteiger partial charge in [-0.05, 0) is 6.26 Å². The summed E-state index contributed by atoms with van der Waals surface area (Å²) < 4.78 is 20.1. The van der Waals surface area contributed by atoms with Crippen molar-refractivity contribution in [2.45, 2.75) is 23.9 Å². The lowest BCUT2D eigenvalue weighted by Crippen LogP contribution is -2.30. The van der Waals surface area contributed by atoms with Gasteiger partial charge >= 0.3 is 6.08 Å². The van der Waals surface area contributed by atoms with Crippen LogP contribution < -0.4 is 5.73 Å². The molecule has 0 radical (unpaired) electrons. The lowest BCUT2D eigenvalue weighted by Gasteiger charge is -2.16. The van der Waals surface area contributed by atoms with E-state index in [1.54, 1.807) is 6.26 Å². The SMILES string of the molecule is CS[C@H]1O[C@@H](n2cnc3c(N)nc(F)nc32)[C@H](O)[C@@H]1O. The van der Waals surface area contributed by atoms with E-state index < -0.39 is 30.0 Å². The molecule has 4 atom stereocenters. The van der Waals surface area contributed by atoms with E-state index in [1.165, 1.54) is 22.7 Å². The minimum Gasteiger partial charge on any atom is -0.387 e. The van der Waals surface area contributed by atoms with E-state index in [4.69, 9.17) is 10.5 Å². The highest BCUT2D eigenvalue weighted by atomic mass is 32.2. The fraction of sp³-hybridized carbons (Fsp3) is 0.500. The third-order valence-corrected chi connectivity index (χ3v) is 3.98. The highest BCUT2D eigenvalue weighted by Crippen LogP contribution is 2.35. The number of nitrogen functional groups attached to an aromatic ring is 1. The number of rotatable bonds is 2. The second-order valence-corrected chi connectivity index (χ2v) is 5.25. The Morgan fingerprint density at radius 3 is 2.80 bits per heavy atom. The highest BCUT2D eigenvalue weighted by molar-refractivity contribution is 7.99. The molecule has 3 rings (SSSR count). The van der Waals surface area contributed by atoms with Gasteiger partial charge in [-0.15, -0.1) is 11.8 Å². The highest BCUT2D eigenvalue weighted by Gasteiger charge is 2.44. The molecular weight excluding hydrogens is 289 g/mol. The number of imidazole rings is 1. The number of ether oxygens (including phenoxy) is 1. The van der Waals surface area contributed by atoms with Gasteiger partial charge in [-0.25, -0.2) is 4.98 Å². The molecule has 20 heavy (non-hydrogen) atoms. The summed E-state index contributed by atoms with van der Waals surface area (Å²) in [5.74, 6) is -0.0966. The zero-order valence-corrected chi connectivity index (χ0v) is 11.2. The molecule has 0 amide bonds. The first kappa shape index (κ1) is 13.5. The molecule has 3 heterocycles. The molecule has 0 aromatic carbocycles. The average molecular weight is 301 g/mol. The summed E-state index contributed by atoms with van der Waals surface area (Å²) in [5.41, 5.74) is 5.29. The molecule has 0 bridgehead atoms. The molecule has 0 saturated carbocycles. The number of aliphatic hydroxyl groups is 2. The first-order valence-corrected chi connectivity index (χ1v) is 7.01. The second kappa shape index (κ2) is 4.81. The van der Waals surface area contributed by atoms with Crippen LogP contribution in [0.4, 0.5) is 10.2 Å². The largest absolute Gasteiger partial charge is 0.387 e. The van der Waals surface area contributed by atoms with E-state index >= 15 is 0 Å². The number of nitrogens with zero attached hydrogens (tertiary/aromatic N) is 4. The van der Waals surface area contributed by atoms with Gasteiger partial charge in [0, 0.05) is 0 Å². The molecule has 8 nitrogen and oxygen atoms in total. The van der Waals surface area contributed by atoms with Crippen LogP contribution in [0.5, 0.6) is 0 Å². The Balaban J connectivity index is 2.07. The monoisotopic (exact) mass is 301 g/mol. The number of nitrogens with two attached hydrogens (primary N) is 1. The smallest absolute Gasteiger partial charge is 0.312 e. The van der Waals surface area contributed by atoms with E-state index in [0.29, 0.717) is 0 Å². The minimum absolute atomic E-state index is 0.0966. The summed E-state index contributed by atoms with van der Waals surface area (Å²) in [5, 5.41) is 19.9. The standard InChI is InChI=1S/C10H12FN5O3S/c1-20-9-5(18)4(17)8(19-9)16-2-13-3-6(12)14-10(11)15-7(3)16/h2,4-5,8-9,17-18H,1H3,(H2,12,14,15)/t4-,5+,8-,9-/m1/s1. The third kappa shape index (κ3) is 1.92. The maximum absolute atomic E-state index is 13.3. The van der Waals surface area contributed by atoms with Crippen LogP contribution in [-0.4, -0.2) is 53.6 Å². The summed E-state index contributed by atoms with van der Waals surface area (Å²) in [6.07, 6.45) is -1.08. The molecule has 108 valence electrons. The van der Waals surface area contributed by atoms with Crippen molar-refractivity contribution >= 4 is 28.7 Å². The fourth-order valence-corrected chi connectivity index (χ4v) is 2.81. The van der Waals surface area contributed by atoms with Gasteiger partial charge in [-0.3, -0.25) is 4.57 Å². The van der Waals surface area contributed by atoms with E-state index in [0.717, 1.165) is 0 Å².